The third-order valence-electron chi connectivity index (χ3n) is 6.08. The van der Waals surface area contributed by atoms with E-state index in [2.05, 4.69) is 36.6 Å². The molecule has 0 fully saturated rings. The van der Waals surface area contributed by atoms with Gasteiger partial charge in [0.1, 0.15) is 6.04 Å². The van der Waals surface area contributed by atoms with E-state index >= 15 is 0 Å². The molecule has 0 aliphatic carbocycles. The number of aromatic carboxylic acids is 1. The van der Waals surface area contributed by atoms with E-state index < -0.39 is 5.97 Å². The van der Waals surface area contributed by atoms with E-state index in [0.29, 0.717) is 5.56 Å². The summed E-state index contributed by atoms with van der Waals surface area (Å²) in [4.78, 5) is 25.8. The molecule has 2 aromatic carbocycles. The van der Waals surface area contributed by atoms with Crippen molar-refractivity contribution in [2.24, 2.45) is 5.41 Å². The van der Waals surface area contributed by atoms with Crippen LogP contribution in [-0.4, -0.2) is 36.1 Å². The normalized spacial score (nSPS) is 18.0. The van der Waals surface area contributed by atoms with Crippen molar-refractivity contribution in [3.63, 3.8) is 0 Å². The number of amides is 1. The highest BCUT2D eigenvalue weighted by molar-refractivity contribution is 5.88. The second-order valence-corrected chi connectivity index (χ2v) is 9.46. The maximum absolute atomic E-state index is 12.5. The predicted molar refractivity (Wildman–Crippen MR) is 125 cm³/mol. The highest BCUT2D eigenvalue weighted by Crippen LogP contribution is 2.45. The van der Waals surface area contributed by atoms with Crippen LogP contribution in [0.1, 0.15) is 62.1 Å². The van der Waals surface area contributed by atoms with Gasteiger partial charge in [-0.2, -0.15) is 0 Å². The summed E-state index contributed by atoms with van der Waals surface area (Å²) in [5, 5.41) is 15.9. The summed E-state index contributed by atoms with van der Waals surface area (Å²) in [5.41, 5.74) is 4.30. The Morgan fingerprint density at radius 2 is 1.87 bits per heavy atom. The first kappa shape index (κ1) is 22.7. The van der Waals surface area contributed by atoms with Crippen molar-refractivity contribution in [3.05, 3.63) is 59.2 Å². The zero-order chi connectivity index (χ0) is 22.9. The van der Waals surface area contributed by atoms with E-state index in [1.54, 1.807) is 12.1 Å². The number of hydrogen-bond donors (Lipinski definition) is 3. The SMILES string of the molecule is CC(C)NC(=O)C(C)N(C)c1cccc(C2Nc3ccc(C(=O)O)cc3CC2(C)C)c1. The van der Waals surface area contributed by atoms with Gasteiger partial charge in [-0.3, -0.25) is 4.79 Å². The molecule has 6 nitrogen and oxygen atoms in total. The zero-order valence-electron chi connectivity index (χ0n) is 19.2. The van der Waals surface area contributed by atoms with Crippen LogP contribution in [0.15, 0.2) is 42.5 Å². The van der Waals surface area contributed by atoms with Gasteiger partial charge >= 0.3 is 5.97 Å². The highest BCUT2D eigenvalue weighted by Gasteiger charge is 2.36. The molecule has 2 aromatic rings. The van der Waals surface area contributed by atoms with Crippen molar-refractivity contribution in [3.8, 4) is 0 Å². The largest absolute Gasteiger partial charge is 0.478 e. The van der Waals surface area contributed by atoms with Gasteiger partial charge < -0.3 is 20.6 Å². The van der Waals surface area contributed by atoms with Gasteiger partial charge in [-0.05, 0) is 74.1 Å². The zero-order valence-corrected chi connectivity index (χ0v) is 19.2. The molecule has 31 heavy (non-hydrogen) atoms. The minimum Gasteiger partial charge on any atom is -0.478 e. The molecule has 0 saturated heterocycles. The molecule has 2 unspecified atom stereocenters. The fourth-order valence-electron chi connectivity index (χ4n) is 4.22. The van der Waals surface area contributed by atoms with Gasteiger partial charge in [0.25, 0.3) is 0 Å². The Morgan fingerprint density at radius 1 is 1.16 bits per heavy atom. The summed E-state index contributed by atoms with van der Waals surface area (Å²) in [6.07, 6.45) is 0.772. The van der Waals surface area contributed by atoms with Crippen LogP contribution in [0.3, 0.4) is 0 Å². The number of carboxylic acids is 1. The van der Waals surface area contributed by atoms with Crippen LogP contribution in [0.4, 0.5) is 11.4 Å². The third kappa shape index (κ3) is 4.84. The number of anilines is 2. The standard InChI is InChI=1S/C25H33N3O3/c1-15(2)26-23(29)16(3)28(6)20-9-7-8-17(13-20)22-25(4,5)14-19-12-18(24(30)31)10-11-21(19)27-22/h7-13,15-16,22,27H,14H2,1-6H3,(H,26,29)(H,30,31). The molecule has 1 aliphatic rings. The van der Waals surface area contributed by atoms with Crippen LogP contribution < -0.4 is 15.5 Å². The fourth-order valence-corrected chi connectivity index (χ4v) is 4.22. The molecule has 6 heteroatoms. The van der Waals surface area contributed by atoms with E-state index in [1.165, 1.54) is 0 Å². The first-order valence-corrected chi connectivity index (χ1v) is 10.8. The Morgan fingerprint density at radius 3 is 2.52 bits per heavy atom. The monoisotopic (exact) mass is 423 g/mol. The maximum Gasteiger partial charge on any atom is 0.335 e. The number of nitrogens with one attached hydrogen (secondary N) is 2. The fraction of sp³-hybridized carbons (Fsp3) is 0.440. The minimum absolute atomic E-state index is 0.00202. The summed E-state index contributed by atoms with van der Waals surface area (Å²) in [7, 11) is 1.94. The van der Waals surface area contributed by atoms with Crippen molar-refractivity contribution in [1.82, 2.24) is 5.32 Å². The topological polar surface area (TPSA) is 81.7 Å². The lowest BCUT2D eigenvalue weighted by Gasteiger charge is -2.41. The van der Waals surface area contributed by atoms with Crippen LogP contribution in [0.25, 0.3) is 0 Å². The number of nitrogens with zero attached hydrogens (tertiary/aromatic N) is 1. The van der Waals surface area contributed by atoms with Crippen molar-refractivity contribution in [2.75, 3.05) is 17.3 Å². The predicted octanol–water partition coefficient (Wildman–Crippen LogP) is 4.47. The van der Waals surface area contributed by atoms with E-state index in [-0.39, 0.29) is 29.4 Å². The lowest BCUT2D eigenvalue weighted by atomic mass is 9.72. The molecule has 2 atom stereocenters. The molecule has 0 saturated carbocycles. The van der Waals surface area contributed by atoms with Crippen LogP contribution in [0.5, 0.6) is 0 Å². The van der Waals surface area contributed by atoms with Gasteiger partial charge in [-0.1, -0.05) is 26.0 Å². The number of carbonyl (C=O) groups excluding carboxylic acids is 1. The third-order valence-corrected chi connectivity index (χ3v) is 6.08. The number of benzene rings is 2. The Balaban J connectivity index is 1.88. The number of likely N-dealkylation sites (N-methyl/N-ethyl adjacent to an activating group) is 1. The summed E-state index contributed by atoms with van der Waals surface area (Å²) < 4.78 is 0. The van der Waals surface area contributed by atoms with Crippen molar-refractivity contribution in [2.45, 2.75) is 59.2 Å². The Bertz CT molecular complexity index is 984. The summed E-state index contributed by atoms with van der Waals surface area (Å²) >= 11 is 0. The summed E-state index contributed by atoms with van der Waals surface area (Å²) in [6, 6.07) is 13.4. The number of carboxylic acid groups (broad SMARTS) is 1. The molecule has 1 heterocycles. The Kier molecular flexibility index (Phi) is 6.30. The minimum atomic E-state index is -0.908. The first-order valence-electron chi connectivity index (χ1n) is 10.8. The van der Waals surface area contributed by atoms with Crippen molar-refractivity contribution >= 4 is 23.3 Å². The van der Waals surface area contributed by atoms with Crippen LogP contribution in [-0.2, 0) is 11.2 Å². The van der Waals surface area contributed by atoms with Crippen LogP contribution >= 0.6 is 0 Å². The van der Waals surface area contributed by atoms with Crippen LogP contribution in [0, 0.1) is 5.41 Å². The highest BCUT2D eigenvalue weighted by atomic mass is 16.4. The first-order chi connectivity index (χ1) is 14.5. The summed E-state index contributed by atoms with van der Waals surface area (Å²) in [6.45, 7) is 10.2. The molecule has 0 bridgehead atoms. The lowest BCUT2D eigenvalue weighted by Crippen LogP contribution is -2.45. The van der Waals surface area contributed by atoms with Crippen LogP contribution in [0.2, 0.25) is 0 Å². The van der Waals surface area contributed by atoms with Gasteiger partial charge in [0.05, 0.1) is 11.6 Å². The Hall–Kier alpha value is -3.02. The Labute approximate surface area is 184 Å². The van der Waals surface area contributed by atoms with E-state index in [9.17, 15) is 14.7 Å². The van der Waals surface area contributed by atoms with Gasteiger partial charge in [0, 0.05) is 24.5 Å². The number of carbonyl (C=O) groups is 2. The molecule has 3 rings (SSSR count). The number of rotatable bonds is 6. The van der Waals surface area contributed by atoms with Crippen molar-refractivity contribution in [1.29, 1.82) is 0 Å². The second kappa shape index (κ2) is 8.61. The molecule has 0 radical (unpaired) electrons. The maximum atomic E-state index is 12.5. The second-order valence-electron chi connectivity index (χ2n) is 9.46. The van der Waals surface area contributed by atoms with E-state index in [1.807, 2.05) is 50.9 Å². The molecule has 0 spiro atoms. The van der Waals surface area contributed by atoms with Crippen molar-refractivity contribution < 1.29 is 14.7 Å². The summed E-state index contributed by atoms with van der Waals surface area (Å²) in [5.74, 6) is -0.906. The lowest BCUT2D eigenvalue weighted by molar-refractivity contribution is -0.122. The average Bonchev–Trinajstić information content (AvgIpc) is 2.70. The smallest absolute Gasteiger partial charge is 0.335 e. The van der Waals surface area contributed by atoms with Gasteiger partial charge in [0.2, 0.25) is 5.91 Å². The molecule has 1 amide bonds. The van der Waals surface area contributed by atoms with Gasteiger partial charge in [-0.15, -0.1) is 0 Å². The van der Waals surface area contributed by atoms with Gasteiger partial charge in [-0.25, -0.2) is 4.79 Å². The number of hydrogen-bond acceptors (Lipinski definition) is 4. The molecular weight excluding hydrogens is 390 g/mol. The van der Waals surface area contributed by atoms with E-state index in [0.717, 1.165) is 28.9 Å². The molecule has 166 valence electrons. The molecule has 3 N–H and O–H groups in total. The van der Waals surface area contributed by atoms with E-state index in [4.69, 9.17) is 0 Å². The molecule has 1 aliphatic heterocycles. The number of fused-ring (bicyclic) bond motifs is 1. The molecule has 0 aromatic heterocycles. The quantitative estimate of drug-likeness (QED) is 0.639. The average molecular weight is 424 g/mol. The molecular formula is C25H33N3O3. The van der Waals surface area contributed by atoms with Gasteiger partial charge in [0.15, 0.2) is 0 Å².